The third-order valence-electron chi connectivity index (χ3n) is 2.77. The van der Waals surface area contributed by atoms with E-state index in [1.54, 1.807) is 6.20 Å². The highest BCUT2D eigenvalue weighted by atomic mass is 16.1. The summed E-state index contributed by atoms with van der Waals surface area (Å²) in [6.45, 7) is 4.31. The molecule has 0 unspecified atom stereocenters. The minimum absolute atomic E-state index is 0.00794. The van der Waals surface area contributed by atoms with Crippen molar-refractivity contribution in [3.8, 4) is 0 Å². The molecule has 104 valence electrons. The second-order valence-electron chi connectivity index (χ2n) is 4.43. The Labute approximate surface area is 118 Å². The highest BCUT2D eigenvalue weighted by molar-refractivity contribution is 5.90. The van der Waals surface area contributed by atoms with Gasteiger partial charge in [0.2, 0.25) is 5.91 Å². The molecule has 2 aromatic rings. The van der Waals surface area contributed by atoms with Gasteiger partial charge in [0.15, 0.2) is 0 Å². The standard InChI is InChI=1S/C15H18N4O/c1-3-15(20)19-13-6-4-5-12(9-13)17-10-14-7-8-16-11(2)18-14/h4-9,17H,3,10H2,1-2H3,(H,19,20). The Hall–Kier alpha value is -2.43. The van der Waals surface area contributed by atoms with Crippen LogP contribution in [0.1, 0.15) is 24.9 Å². The molecule has 1 amide bonds. The summed E-state index contributed by atoms with van der Waals surface area (Å²) in [4.78, 5) is 19.8. The molecule has 1 heterocycles. The maximum absolute atomic E-state index is 11.4. The highest BCUT2D eigenvalue weighted by Gasteiger charge is 2.01. The lowest BCUT2D eigenvalue weighted by molar-refractivity contribution is -0.115. The van der Waals surface area contributed by atoms with Gasteiger partial charge in [0.25, 0.3) is 0 Å². The van der Waals surface area contributed by atoms with Gasteiger partial charge >= 0.3 is 0 Å². The predicted octanol–water partition coefficient (Wildman–Crippen LogP) is 2.75. The van der Waals surface area contributed by atoms with Crippen molar-refractivity contribution in [2.24, 2.45) is 0 Å². The summed E-state index contributed by atoms with van der Waals surface area (Å²) in [6.07, 6.45) is 2.22. The molecule has 1 aromatic carbocycles. The number of carbonyl (C=O) groups is 1. The first-order valence-electron chi connectivity index (χ1n) is 6.59. The zero-order valence-electron chi connectivity index (χ0n) is 11.7. The van der Waals surface area contributed by atoms with Gasteiger partial charge in [-0.05, 0) is 31.2 Å². The monoisotopic (exact) mass is 270 g/mol. The van der Waals surface area contributed by atoms with Crippen LogP contribution in [0.25, 0.3) is 0 Å². The van der Waals surface area contributed by atoms with Crippen LogP contribution in [-0.4, -0.2) is 15.9 Å². The second kappa shape index (κ2) is 6.65. The lowest BCUT2D eigenvalue weighted by atomic mass is 10.2. The first-order valence-corrected chi connectivity index (χ1v) is 6.59. The van der Waals surface area contributed by atoms with Gasteiger partial charge in [0.05, 0.1) is 12.2 Å². The van der Waals surface area contributed by atoms with Crippen LogP contribution in [0.4, 0.5) is 11.4 Å². The normalized spacial score (nSPS) is 10.1. The van der Waals surface area contributed by atoms with Crippen molar-refractivity contribution in [3.05, 3.63) is 48.0 Å². The van der Waals surface area contributed by atoms with Crippen LogP contribution in [0, 0.1) is 6.92 Å². The summed E-state index contributed by atoms with van der Waals surface area (Å²) in [5.74, 6) is 0.766. The third kappa shape index (κ3) is 4.05. The molecule has 0 spiro atoms. The number of benzene rings is 1. The van der Waals surface area contributed by atoms with Gasteiger partial charge in [-0.15, -0.1) is 0 Å². The van der Waals surface area contributed by atoms with Gasteiger partial charge in [-0.3, -0.25) is 4.79 Å². The molecule has 0 fully saturated rings. The molecule has 1 aromatic heterocycles. The lowest BCUT2D eigenvalue weighted by Crippen LogP contribution is -2.09. The second-order valence-corrected chi connectivity index (χ2v) is 4.43. The van der Waals surface area contributed by atoms with Crippen LogP contribution in [0.15, 0.2) is 36.5 Å². The number of carbonyl (C=O) groups excluding carboxylic acids is 1. The molecule has 0 bridgehead atoms. The summed E-state index contributed by atoms with van der Waals surface area (Å²) >= 11 is 0. The number of amides is 1. The smallest absolute Gasteiger partial charge is 0.224 e. The van der Waals surface area contributed by atoms with E-state index in [0.717, 1.165) is 22.9 Å². The van der Waals surface area contributed by atoms with E-state index in [1.165, 1.54) is 0 Å². The van der Waals surface area contributed by atoms with E-state index in [0.29, 0.717) is 13.0 Å². The Morgan fingerprint density at radius 2 is 2.05 bits per heavy atom. The molecule has 5 nitrogen and oxygen atoms in total. The molecular formula is C15H18N4O. The quantitative estimate of drug-likeness (QED) is 0.876. The molecule has 0 saturated carbocycles. The van der Waals surface area contributed by atoms with E-state index >= 15 is 0 Å². The van der Waals surface area contributed by atoms with E-state index in [9.17, 15) is 4.79 Å². The number of nitrogens with one attached hydrogen (secondary N) is 2. The molecule has 0 aliphatic heterocycles. The van der Waals surface area contributed by atoms with Crippen molar-refractivity contribution >= 4 is 17.3 Å². The Kier molecular flexibility index (Phi) is 4.65. The molecule has 0 aliphatic carbocycles. The summed E-state index contributed by atoms with van der Waals surface area (Å²) in [7, 11) is 0. The fourth-order valence-electron chi connectivity index (χ4n) is 1.75. The molecule has 0 radical (unpaired) electrons. The van der Waals surface area contributed by atoms with Gasteiger partial charge in [-0.25, -0.2) is 9.97 Å². The minimum Gasteiger partial charge on any atom is -0.379 e. The molecular weight excluding hydrogens is 252 g/mol. The van der Waals surface area contributed by atoms with Crippen LogP contribution >= 0.6 is 0 Å². The van der Waals surface area contributed by atoms with Gasteiger partial charge in [0, 0.05) is 24.0 Å². The van der Waals surface area contributed by atoms with E-state index < -0.39 is 0 Å². The summed E-state index contributed by atoms with van der Waals surface area (Å²) in [5.41, 5.74) is 2.66. The Morgan fingerprint density at radius 3 is 2.80 bits per heavy atom. The topological polar surface area (TPSA) is 66.9 Å². The van der Waals surface area contributed by atoms with E-state index in [1.807, 2.05) is 44.2 Å². The number of hydrogen-bond donors (Lipinski definition) is 2. The van der Waals surface area contributed by atoms with Gasteiger partial charge in [0.1, 0.15) is 5.82 Å². The number of hydrogen-bond acceptors (Lipinski definition) is 4. The van der Waals surface area contributed by atoms with Gasteiger partial charge in [-0.2, -0.15) is 0 Å². The predicted molar refractivity (Wildman–Crippen MR) is 79.5 cm³/mol. The molecule has 0 aliphatic rings. The molecule has 20 heavy (non-hydrogen) atoms. The zero-order valence-corrected chi connectivity index (χ0v) is 11.7. The fourth-order valence-corrected chi connectivity index (χ4v) is 1.75. The summed E-state index contributed by atoms with van der Waals surface area (Å²) in [5, 5.41) is 6.11. The van der Waals surface area contributed by atoms with Crippen LogP contribution in [0.3, 0.4) is 0 Å². The number of anilines is 2. The van der Waals surface area contributed by atoms with E-state index in [4.69, 9.17) is 0 Å². The number of nitrogens with zero attached hydrogens (tertiary/aromatic N) is 2. The number of rotatable bonds is 5. The van der Waals surface area contributed by atoms with Crippen molar-refractivity contribution in [2.75, 3.05) is 10.6 Å². The van der Waals surface area contributed by atoms with Crippen LogP contribution in [0.2, 0.25) is 0 Å². The average molecular weight is 270 g/mol. The molecule has 0 atom stereocenters. The largest absolute Gasteiger partial charge is 0.379 e. The van der Waals surface area contributed by atoms with Crippen molar-refractivity contribution in [1.29, 1.82) is 0 Å². The number of aromatic nitrogens is 2. The Balaban J connectivity index is 1.99. The molecule has 2 rings (SSSR count). The molecule has 2 N–H and O–H groups in total. The van der Waals surface area contributed by atoms with E-state index in [2.05, 4.69) is 20.6 Å². The van der Waals surface area contributed by atoms with E-state index in [-0.39, 0.29) is 5.91 Å². The fraction of sp³-hybridized carbons (Fsp3) is 0.267. The van der Waals surface area contributed by atoms with Crippen LogP contribution < -0.4 is 10.6 Å². The first-order chi connectivity index (χ1) is 9.67. The van der Waals surface area contributed by atoms with Crippen LogP contribution in [0.5, 0.6) is 0 Å². The maximum Gasteiger partial charge on any atom is 0.224 e. The summed E-state index contributed by atoms with van der Waals surface area (Å²) < 4.78 is 0. The number of aryl methyl sites for hydroxylation is 1. The highest BCUT2D eigenvalue weighted by Crippen LogP contribution is 2.16. The van der Waals surface area contributed by atoms with Gasteiger partial charge in [-0.1, -0.05) is 13.0 Å². The Morgan fingerprint density at radius 1 is 1.25 bits per heavy atom. The van der Waals surface area contributed by atoms with Crippen molar-refractivity contribution in [1.82, 2.24) is 9.97 Å². The van der Waals surface area contributed by atoms with Crippen molar-refractivity contribution < 1.29 is 4.79 Å². The van der Waals surface area contributed by atoms with Crippen molar-refractivity contribution in [2.45, 2.75) is 26.8 Å². The average Bonchev–Trinajstić information content (AvgIpc) is 2.45. The SMILES string of the molecule is CCC(=O)Nc1cccc(NCc2ccnc(C)n2)c1. The first kappa shape index (κ1) is 14.0. The third-order valence-corrected chi connectivity index (χ3v) is 2.77. The Bertz CT molecular complexity index is 598. The zero-order chi connectivity index (χ0) is 14.4. The summed E-state index contributed by atoms with van der Waals surface area (Å²) in [6, 6.07) is 9.51. The molecule has 5 heteroatoms. The molecule has 0 saturated heterocycles. The van der Waals surface area contributed by atoms with Crippen LogP contribution in [-0.2, 0) is 11.3 Å². The maximum atomic E-state index is 11.4. The van der Waals surface area contributed by atoms with Gasteiger partial charge < -0.3 is 10.6 Å². The van der Waals surface area contributed by atoms with Crippen molar-refractivity contribution in [3.63, 3.8) is 0 Å². The lowest BCUT2D eigenvalue weighted by Gasteiger charge is -2.09. The minimum atomic E-state index is 0.00794.